The Morgan fingerprint density at radius 2 is 1.90 bits per heavy atom. The Kier molecular flexibility index (Phi) is 4.88. The van der Waals surface area contributed by atoms with E-state index in [0.717, 1.165) is 5.56 Å². The van der Waals surface area contributed by atoms with Gasteiger partial charge in [-0.2, -0.15) is 0 Å². The lowest BCUT2D eigenvalue weighted by Crippen LogP contribution is -2.36. The zero-order valence-electron chi connectivity index (χ0n) is 12.2. The molecule has 1 amide bonds. The molecule has 0 radical (unpaired) electrons. The smallest absolute Gasteiger partial charge is 0.307 e. The van der Waals surface area contributed by atoms with Gasteiger partial charge in [-0.1, -0.05) is 36.7 Å². The number of hydrogen-bond acceptors (Lipinski definition) is 2. The standard InChI is InChI=1S/C16H20ClNO3/c1-9-7-12(13(8-9)16(20)21)15(19)18-10(2)11-5-3-4-6-14(11)17/h3-6,9-10,12-13H,7-8H2,1-2H3,(H,18,19)(H,20,21)/t9?,10-,12+,13-/m1/s1. The molecule has 0 heterocycles. The van der Waals surface area contributed by atoms with Crippen LogP contribution in [0.3, 0.4) is 0 Å². The number of nitrogens with one attached hydrogen (secondary N) is 1. The summed E-state index contributed by atoms with van der Waals surface area (Å²) in [7, 11) is 0. The third-order valence-electron chi connectivity index (χ3n) is 4.18. The second kappa shape index (κ2) is 6.48. The van der Waals surface area contributed by atoms with Crippen molar-refractivity contribution in [3.63, 3.8) is 0 Å². The second-order valence-electron chi connectivity index (χ2n) is 5.88. The molecule has 21 heavy (non-hydrogen) atoms. The summed E-state index contributed by atoms with van der Waals surface area (Å²) < 4.78 is 0. The highest BCUT2D eigenvalue weighted by molar-refractivity contribution is 6.31. The van der Waals surface area contributed by atoms with Gasteiger partial charge in [-0.3, -0.25) is 9.59 Å². The van der Waals surface area contributed by atoms with E-state index >= 15 is 0 Å². The quantitative estimate of drug-likeness (QED) is 0.897. The maximum Gasteiger partial charge on any atom is 0.307 e. The molecule has 0 bridgehead atoms. The highest BCUT2D eigenvalue weighted by Crippen LogP contribution is 2.37. The van der Waals surface area contributed by atoms with Crippen LogP contribution in [-0.2, 0) is 9.59 Å². The van der Waals surface area contributed by atoms with Crippen LogP contribution in [0, 0.1) is 17.8 Å². The van der Waals surface area contributed by atoms with E-state index in [9.17, 15) is 14.7 Å². The summed E-state index contributed by atoms with van der Waals surface area (Å²) in [5.41, 5.74) is 0.838. The van der Waals surface area contributed by atoms with Gasteiger partial charge in [0.1, 0.15) is 0 Å². The highest BCUT2D eigenvalue weighted by Gasteiger charge is 2.41. The molecular formula is C16H20ClNO3. The Morgan fingerprint density at radius 3 is 2.52 bits per heavy atom. The third-order valence-corrected chi connectivity index (χ3v) is 4.53. The van der Waals surface area contributed by atoms with Crippen LogP contribution in [0.25, 0.3) is 0 Å². The fourth-order valence-electron chi connectivity index (χ4n) is 3.08. The number of rotatable bonds is 4. The third kappa shape index (κ3) is 3.56. The van der Waals surface area contributed by atoms with Crippen LogP contribution in [0.4, 0.5) is 0 Å². The van der Waals surface area contributed by atoms with Crippen LogP contribution < -0.4 is 5.32 Å². The summed E-state index contributed by atoms with van der Waals surface area (Å²) in [5.74, 6) is -1.86. The summed E-state index contributed by atoms with van der Waals surface area (Å²) in [4.78, 5) is 23.7. The van der Waals surface area contributed by atoms with Crippen molar-refractivity contribution < 1.29 is 14.7 Å². The molecule has 0 aliphatic heterocycles. The van der Waals surface area contributed by atoms with Crippen molar-refractivity contribution in [3.8, 4) is 0 Å². The van der Waals surface area contributed by atoms with Gasteiger partial charge in [0.15, 0.2) is 0 Å². The fraction of sp³-hybridized carbons (Fsp3) is 0.500. The molecule has 1 saturated carbocycles. The van der Waals surface area contributed by atoms with Gasteiger partial charge in [-0.25, -0.2) is 0 Å². The molecule has 1 aliphatic rings. The Balaban J connectivity index is 2.07. The van der Waals surface area contributed by atoms with Crippen LogP contribution in [0.2, 0.25) is 5.02 Å². The fourth-order valence-corrected chi connectivity index (χ4v) is 3.38. The average Bonchev–Trinajstić information content (AvgIpc) is 2.81. The molecule has 1 unspecified atom stereocenters. The number of hydrogen-bond donors (Lipinski definition) is 2. The molecule has 1 aliphatic carbocycles. The van der Waals surface area contributed by atoms with Gasteiger partial charge in [0.2, 0.25) is 5.91 Å². The van der Waals surface area contributed by atoms with Crippen LogP contribution in [0.5, 0.6) is 0 Å². The molecule has 2 N–H and O–H groups in total. The molecule has 1 fully saturated rings. The molecule has 0 aromatic heterocycles. The lowest BCUT2D eigenvalue weighted by molar-refractivity contribution is -0.146. The summed E-state index contributed by atoms with van der Waals surface area (Å²) in [6.07, 6.45) is 1.19. The predicted molar refractivity (Wildman–Crippen MR) is 81.0 cm³/mol. The number of carboxylic acid groups (broad SMARTS) is 1. The normalized spacial score (nSPS) is 26.3. The van der Waals surface area contributed by atoms with E-state index in [0.29, 0.717) is 17.9 Å². The number of carboxylic acids is 1. The van der Waals surface area contributed by atoms with Crippen molar-refractivity contribution >= 4 is 23.5 Å². The SMILES string of the molecule is CC1C[C@H](C(=O)N[C@H](C)c2ccccc2Cl)[C@H](C(=O)O)C1. The maximum atomic E-state index is 12.4. The Hall–Kier alpha value is -1.55. The van der Waals surface area contributed by atoms with Crippen LogP contribution in [0.1, 0.15) is 38.3 Å². The van der Waals surface area contributed by atoms with Crippen LogP contribution in [-0.4, -0.2) is 17.0 Å². The van der Waals surface area contributed by atoms with Gasteiger partial charge in [-0.05, 0) is 37.3 Å². The van der Waals surface area contributed by atoms with E-state index in [1.54, 1.807) is 6.07 Å². The minimum Gasteiger partial charge on any atom is -0.481 e. The molecule has 0 spiro atoms. The van der Waals surface area contributed by atoms with Gasteiger partial charge in [0.25, 0.3) is 0 Å². The molecule has 2 rings (SSSR count). The molecule has 114 valence electrons. The number of halogens is 1. The van der Waals surface area contributed by atoms with Crippen molar-refractivity contribution in [3.05, 3.63) is 34.9 Å². The first-order valence-corrected chi connectivity index (χ1v) is 7.55. The number of carbonyl (C=O) groups excluding carboxylic acids is 1. The van der Waals surface area contributed by atoms with Crippen molar-refractivity contribution in [2.45, 2.75) is 32.7 Å². The van der Waals surface area contributed by atoms with Gasteiger partial charge < -0.3 is 10.4 Å². The number of amides is 1. The first-order valence-electron chi connectivity index (χ1n) is 7.17. The minimum absolute atomic E-state index is 0.195. The van der Waals surface area contributed by atoms with Crippen LogP contribution >= 0.6 is 11.6 Å². The van der Waals surface area contributed by atoms with Crippen molar-refractivity contribution in [2.24, 2.45) is 17.8 Å². The second-order valence-corrected chi connectivity index (χ2v) is 6.29. The summed E-state index contributed by atoms with van der Waals surface area (Å²) in [6, 6.07) is 7.09. The predicted octanol–water partition coefficient (Wildman–Crippen LogP) is 3.26. The van der Waals surface area contributed by atoms with Crippen molar-refractivity contribution in [1.82, 2.24) is 5.32 Å². The molecule has 1 aromatic carbocycles. The van der Waals surface area contributed by atoms with Gasteiger partial charge in [-0.15, -0.1) is 0 Å². The lowest BCUT2D eigenvalue weighted by Gasteiger charge is -2.20. The Morgan fingerprint density at radius 1 is 1.29 bits per heavy atom. The zero-order valence-corrected chi connectivity index (χ0v) is 12.9. The van der Waals surface area contributed by atoms with E-state index in [2.05, 4.69) is 5.32 Å². The first-order chi connectivity index (χ1) is 9.90. The van der Waals surface area contributed by atoms with Crippen LogP contribution in [0.15, 0.2) is 24.3 Å². The molecule has 5 heteroatoms. The summed E-state index contributed by atoms with van der Waals surface area (Å²) in [5, 5.41) is 12.7. The average molecular weight is 310 g/mol. The molecule has 4 atom stereocenters. The van der Waals surface area contributed by atoms with Gasteiger partial charge >= 0.3 is 5.97 Å². The molecular weight excluding hydrogens is 290 g/mol. The summed E-state index contributed by atoms with van der Waals surface area (Å²) >= 11 is 6.12. The van der Waals surface area contributed by atoms with E-state index in [1.165, 1.54) is 0 Å². The van der Waals surface area contributed by atoms with Crippen molar-refractivity contribution in [1.29, 1.82) is 0 Å². The lowest BCUT2D eigenvalue weighted by atomic mass is 9.94. The monoisotopic (exact) mass is 309 g/mol. The van der Waals surface area contributed by atoms with E-state index in [1.807, 2.05) is 32.0 Å². The topological polar surface area (TPSA) is 66.4 Å². The van der Waals surface area contributed by atoms with E-state index < -0.39 is 17.8 Å². The summed E-state index contributed by atoms with van der Waals surface area (Å²) in [6.45, 7) is 3.84. The largest absolute Gasteiger partial charge is 0.481 e. The Labute approximate surface area is 129 Å². The Bertz CT molecular complexity index is 546. The van der Waals surface area contributed by atoms with Gasteiger partial charge in [0, 0.05) is 5.02 Å². The number of aliphatic carboxylic acids is 1. The molecule has 4 nitrogen and oxygen atoms in total. The molecule has 1 aromatic rings. The highest BCUT2D eigenvalue weighted by atomic mass is 35.5. The maximum absolute atomic E-state index is 12.4. The number of carbonyl (C=O) groups is 2. The number of benzene rings is 1. The van der Waals surface area contributed by atoms with Gasteiger partial charge in [0.05, 0.1) is 17.9 Å². The minimum atomic E-state index is -0.884. The zero-order chi connectivity index (χ0) is 15.6. The van der Waals surface area contributed by atoms with E-state index in [-0.39, 0.29) is 17.9 Å². The van der Waals surface area contributed by atoms with Crippen molar-refractivity contribution in [2.75, 3.05) is 0 Å². The molecule has 0 saturated heterocycles. The van der Waals surface area contributed by atoms with E-state index in [4.69, 9.17) is 11.6 Å². The first kappa shape index (κ1) is 15.8.